The Bertz CT molecular complexity index is 558. The Kier molecular flexibility index (Phi) is 4.71. The predicted octanol–water partition coefficient (Wildman–Crippen LogP) is 2.17. The first-order valence-corrected chi connectivity index (χ1v) is 6.60. The van der Waals surface area contributed by atoms with Gasteiger partial charge >= 0.3 is 0 Å². The van der Waals surface area contributed by atoms with Gasteiger partial charge in [-0.1, -0.05) is 17.7 Å². The highest BCUT2D eigenvalue weighted by Crippen LogP contribution is 2.35. The third-order valence-corrected chi connectivity index (χ3v) is 3.47. The molecule has 0 saturated heterocycles. The van der Waals surface area contributed by atoms with Crippen LogP contribution in [0.2, 0.25) is 0 Å². The van der Waals surface area contributed by atoms with Crippen LogP contribution in [0.3, 0.4) is 0 Å². The molecule has 3 N–H and O–H groups in total. The Hall–Kier alpha value is -1.91. The van der Waals surface area contributed by atoms with Gasteiger partial charge in [0.1, 0.15) is 5.75 Å². The second-order valence-corrected chi connectivity index (χ2v) is 4.81. The summed E-state index contributed by atoms with van der Waals surface area (Å²) in [7, 11) is 1.63. The molecule has 0 amide bonds. The van der Waals surface area contributed by atoms with E-state index in [-0.39, 0.29) is 5.92 Å². The maximum absolute atomic E-state index is 10.6. The molecule has 1 aromatic carbocycles. The monoisotopic (exact) mass is 272 g/mol. The van der Waals surface area contributed by atoms with Gasteiger partial charge < -0.3 is 15.6 Å². The SMILES string of the molecule is COc1ccc(C)cc1C(CN)C(O)c1ccncc1. The summed E-state index contributed by atoms with van der Waals surface area (Å²) in [5.41, 5.74) is 8.73. The molecule has 0 aliphatic carbocycles. The second-order valence-electron chi connectivity index (χ2n) is 4.81. The number of hydrogen-bond acceptors (Lipinski definition) is 4. The van der Waals surface area contributed by atoms with E-state index in [1.807, 2.05) is 25.1 Å². The molecule has 0 radical (unpaired) electrons. The van der Waals surface area contributed by atoms with Crippen LogP contribution >= 0.6 is 0 Å². The van der Waals surface area contributed by atoms with Gasteiger partial charge in [-0.05, 0) is 30.7 Å². The fraction of sp³-hybridized carbons (Fsp3) is 0.312. The first-order valence-electron chi connectivity index (χ1n) is 6.60. The van der Waals surface area contributed by atoms with Crippen molar-refractivity contribution in [1.82, 2.24) is 4.98 Å². The van der Waals surface area contributed by atoms with Crippen LogP contribution in [-0.4, -0.2) is 23.7 Å². The summed E-state index contributed by atoms with van der Waals surface area (Å²) in [5, 5.41) is 10.6. The number of pyridine rings is 1. The van der Waals surface area contributed by atoms with Crippen LogP contribution in [0, 0.1) is 6.92 Å². The van der Waals surface area contributed by atoms with E-state index >= 15 is 0 Å². The van der Waals surface area contributed by atoms with Crippen molar-refractivity contribution in [2.24, 2.45) is 5.73 Å². The standard InChI is InChI=1S/C16H20N2O2/c1-11-3-4-15(20-2)13(9-11)14(10-17)16(19)12-5-7-18-8-6-12/h3-9,14,16,19H,10,17H2,1-2H3. The van der Waals surface area contributed by atoms with Crippen LogP contribution in [0.25, 0.3) is 0 Å². The number of aryl methyl sites for hydroxylation is 1. The van der Waals surface area contributed by atoms with E-state index in [0.717, 1.165) is 22.4 Å². The highest BCUT2D eigenvalue weighted by atomic mass is 16.5. The van der Waals surface area contributed by atoms with E-state index in [9.17, 15) is 5.11 Å². The van der Waals surface area contributed by atoms with E-state index < -0.39 is 6.10 Å². The Morgan fingerprint density at radius 1 is 1.25 bits per heavy atom. The van der Waals surface area contributed by atoms with Gasteiger partial charge in [0.25, 0.3) is 0 Å². The third kappa shape index (κ3) is 2.98. The highest BCUT2D eigenvalue weighted by molar-refractivity contribution is 5.41. The number of ether oxygens (including phenoxy) is 1. The summed E-state index contributed by atoms with van der Waals surface area (Å²) in [6, 6.07) is 9.51. The number of aliphatic hydroxyl groups is 1. The Labute approximate surface area is 119 Å². The molecule has 1 heterocycles. The lowest BCUT2D eigenvalue weighted by molar-refractivity contribution is 0.146. The Morgan fingerprint density at radius 2 is 1.95 bits per heavy atom. The quantitative estimate of drug-likeness (QED) is 0.875. The van der Waals surface area contributed by atoms with Gasteiger partial charge in [-0.3, -0.25) is 4.98 Å². The van der Waals surface area contributed by atoms with Gasteiger partial charge in [-0.2, -0.15) is 0 Å². The molecule has 1 aromatic heterocycles. The minimum absolute atomic E-state index is 0.216. The zero-order valence-electron chi connectivity index (χ0n) is 11.8. The highest BCUT2D eigenvalue weighted by Gasteiger charge is 2.24. The van der Waals surface area contributed by atoms with Crippen LogP contribution in [0.5, 0.6) is 5.75 Å². The third-order valence-electron chi connectivity index (χ3n) is 3.47. The minimum Gasteiger partial charge on any atom is -0.496 e. The van der Waals surface area contributed by atoms with Crippen LogP contribution < -0.4 is 10.5 Å². The van der Waals surface area contributed by atoms with Gasteiger partial charge in [0.2, 0.25) is 0 Å². The molecule has 20 heavy (non-hydrogen) atoms. The molecule has 2 unspecified atom stereocenters. The fourth-order valence-electron chi connectivity index (χ4n) is 2.36. The molecule has 2 aromatic rings. The summed E-state index contributed by atoms with van der Waals surface area (Å²) in [4.78, 5) is 3.97. The molecule has 0 aliphatic rings. The summed E-state index contributed by atoms with van der Waals surface area (Å²) in [6.45, 7) is 2.35. The van der Waals surface area contributed by atoms with Gasteiger partial charge in [0.15, 0.2) is 0 Å². The number of benzene rings is 1. The van der Waals surface area contributed by atoms with E-state index in [0.29, 0.717) is 6.54 Å². The van der Waals surface area contributed by atoms with Crippen LogP contribution in [-0.2, 0) is 0 Å². The molecular weight excluding hydrogens is 252 g/mol. The van der Waals surface area contributed by atoms with E-state index in [4.69, 9.17) is 10.5 Å². The lowest BCUT2D eigenvalue weighted by Gasteiger charge is -2.24. The summed E-state index contributed by atoms with van der Waals surface area (Å²) in [6.07, 6.45) is 2.65. The van der Waals surface area contributed by atoms with Crippen molar-refractivity contribution in [3.63, 3.8) is 0 Å². The molecule has 4 heteroatoms. The van der Waals surface area contributed by atoms with Crippen LogP contribution in [0.4, 0.5) is 0 Å². The number of nitrogens with zero attached hydrogens (tertiary/aromatic N) is 1. The second kappa shape index (κ2) is 6.50. The fourth-order valence-corrected chi connectivity index (χ4v) is 2.36. The average molecular weight is 272 g/mol. The van der Waals surface area contributed by atoms with Crippen LogP contribution in [0.1, 0.15) is 28.7 Å². The van der Waals surface area contributed by atoms with Crippen molar-refractivity contribution < 1.29 is 9.84 Å². The molecule has 0 spiro atoms. The molecule has 4 nitrogen and oxygen atoms in total. The maximum Gasteiger partial charge on any atom is 0.122 e. The number of aromatic nitrogens is 1. The lowest BCUT2D eigenvalue weighted by atomic mass is 9.88. The van der Waals surface area contributed by atoms with Crippen molar-refractivity contribution in [2.75, 3.05) is 13.7 Å². The number of nitrogens with two attached hydrogens (primary N) is 1. The number of hydrogen-bond donors (Lipinski definition) is 2. The van der Waals surface area contributed by atoms with Crippen molar-refractivity contribution in [2.45, 2.75) is 18.9 Å². The molecule has 0 bridgehead atoms. The molecular formula is C16H20N2O2. The number of rotatable bonds is 5. The van der Waals surface area contributed by atoms with E-state index in [2.05, 4.69) is 4.98 Å². The summed E-state index contributed by atoms with van der Waals surface area (Å²) < 4.78 is 5.39. The van der Waals surface area contributed by atoms with Gasteiger partial charge in [-0.25, -0.2) is 0 Å². The minimum atomic E-state index is -0.682. The Balaban J connectivity index is 2.40. The molecule has 0 aliphatic heterocycles. The van der Waals surface area contributed by atoms with Gasteiger partial charge in [0.05, 0.1) is 13.2 Å². The topological polar surface area (TPSA) is 68.4 Å². The molecule has 106 valence electrons. The van der Waals surface area contributed by atoms with Gasteiger partial charge in [0, 0.05) is 30.4 Å². The first-order chi connectivity index (χ1) is 9.67. The van der Waals surface area contributed by atoms with Crippen molar-refractivity contribution in [3.05, 3.63) is 59.4 Å². The zero-order valence-corrected chi connectivity index (χ0v) is 11.8. The van der Waals surface area contributed by atoms with Crippen molar-refractivity contribution >= 4 is 0 Å². The molecule has 0 fully saturated rings. The number of methoxy groups -OCH3 is 1. The largest absolute Gasteiger partial charge is 0.496 e. The van der Waals surface area contributed by atoms with E-state index in [1.165, 1.54) is 0 Å². The molecule has 2 rings (SSSR count). The first kappa shape index (κ1) is 14.5. The summed E-state index contributed by atoms with van der Waals surface area (Å²) in [5.74, 6) is 0.534. The average Bonchev–Trinajstić information content (AvgIpc) is 2.49. The Morgan fingerprint density at radius 3 is 2.55 bits per heavy atom. The molecule has 2 atom stereocenters. The molecule has 0 saturated carbocycles. The smallest absolute Gasteiger partial charge is 0.122 e. The summed E-state index contributed by atoms with van der Waals surface area (Å²) >= 11 is 0. The lowest BCUT2D eigenvalue weighted by Crippen LogP contribution is -2.21. The predicted molar refractivity (Wildman–Crippen MR) is 78.7 cm³/mol. The van der Waals surface area contributed by atoms with Crippen molar-refractivity contribution in [1.29, 1.82) is 0 Å². The van der Waals surface area contributed by atoms with Crippen LogP contribution in [0.15, 0.2) is 42.7 Å². The maximum atomic E-state index is 10.6. The normalized spacial score (nSPS) is 13.8. The van der Waals surface area contributed by atoms with Gasteiger partial charge in [-0.15, -0.1) is 0 Å². The van der Waals surface area contributed by atoms with Crippen molar-refractivity contribution in [3.8, 4) is 5.75 Å². The zero-order chi connectivity index (χ0) is 14.5. The van der Waals surface area contributed by atoms with E-state index in [1.54, 1.807) is 31.6 Å². The number of aliphatic hydroxyl groups excluding tert-OH is 1.